The fourth-order valence-electron chi connectivity index (χ4n) is 2.31. The molecule has 3 aromatic rings. The van der Waals surface area contributed by atoms with E-state index in [-0.39, 0.29) is 0 Å². The van der Waals surface area contributed by atoms with Crippen LogP contribution in [0, 0.1) is 6.92 Å². The first-order valence-corrected chi connectivity index (χ1v) is 6.80. The first kappa shape index (κ1) is 12.2. The fraction of sp³-hybridized carbons (Fsp3) is 0.188. The van der Waals surface area contributed by atoms with E-state index in [1.807, 2.05) is 22.7 Å². The molecule has 2 nitrogen and oxygen atoms in total. The summed E-state index contributed by atoms with van der Waals surface area (Å²) in [5.74, 6) is 0. The van der Waals surface area contributed by atoms with Gasteiger partial charge < -0.3 is 4.40 Å². The predicted molar refractivity (Wildman–Crippen MR) is 79.8 cm³/mol. The van der Waals surface area contributed by atoms with Crippen LogP contribution < -0.4 is 0 Å². The lowest BCUT2D eigenvalue weighted by Crippen LogP contribution is -1.87. The summed E-state index contributed by atoms with van der Waals surface area (Å²) >= 11 is 6.04. The Bertz CT molecular complexity index is 726. The Morgan fingerprint density at radius 3 is 2.53 bits per heavy atom. The van der Waals surface area contributed by atoms with Gasteiger partial charge in [-0.15, -0.1) is 0 Å². The molecule has 0 amide bonds. The molecular formula is C16H15ClN2. The summed E-state index contributed by atoms with van der Waals surface area (Å²) in [5, 5.41) is 0.723. The van der Waals surface area contributed by atoms with Crippen molar-refractivity contribution in [3.05, 3.63) is 58.9 Å². The zero-order valence-corrected chi connectivity index (χ0v) is 11.8. The SMILES string of the molecule is CCc1ccc(-c2nc3ccc(Cl)cn3c2C)cc1. The molecule has 3 rings (SSSR count). The van der Waals surface area contributed by atoms with E-state index in [9.17, 15) is 0 Å². The lowest BCUT2D eigenvalue weighted by atomic mass is 10.1. The molecule has 0 fully saturated rings. The summed E-state index contributed by atoms with van der Waals surface area (Å²) in [4.78, 5) is 4.68. The van der Waals surface area contributed by atoms with Crippen LogP contribution in [0.2, 0.25) is 5.02 Å². The highest BCUT2D eigenvalue weighted by atomic mass is 35.5. The summed E-state index contributed by atoms with van der Waals surface area (Å²) in [7, 11) is 0. The third-order valence-corrected chi connectivity index (χ3v) is 3.68. The van der Waals surface area contributed by atoms with Crippen molar-refractivity contribution in [1.82, 2.24) is 9.38 Å². The van der Waals surface area contributed by atoms with Crippen molar-refractivity contribution in [2.45, 2.75) is 20.3 Å². The first-order chi connectivity index (χ1) is 9.19. The van der Waals surface area contributed by atoms with Gasteiger partial charge >= 0.3 is 0 Å². The molecule has 0 N–H and O–H groups in total. The van der Waals surface area contributed by atoms with Crippen LogP contribution in [0.4, 0.5) is 0 Å². The van der Waals surface area contributed by atoms with Crippen LogP contribution in [0.15, 0.2) is 42.6 Å². The lowest BCUT2D eigenvalue weighted by molar-refractivity contribution is 1.11. The van der Waals surface area contributed by atoms with Gasteiger partial charge in [0.05, 0.1) is 10.7 Å². The molecule has 0 bridgehead atoms. The third kappa shape index (κ3) is 2.13. The molecule has 19 heavy (non-hydrogen) atoms. The molecule has 0 aliphatic heterocycles. The number of benzene rings is 1. The average Bonchev–Trinajstić information content (AvgIpc) is 2.76. The van der Waals surface area contributed by atoms with E-state index in [0.717, 1.165) is 34.0 Å². The van der Waals surface area contributed by atoms with Gasteiger partial charge in [0, 0.05) is 17.5 Å². The number of halogens is 1. The second-order valence-electron chi connectivity index (χ2n) is 4.67. The van der Waals surface area contributed by atoms with Crippen LogP contribution in [-0.4, -0.2) is 9.38 Å². The van der Waals surface area contributed by atoms with Crippen LogP contribution >= 0.6 is 11.6 Å². The molecular weight excluding hydrogens is 256 g/mol. The molecule has 96 valence electrons. The Labute approximate surface area is 117 Å². The van der Waals surface area contributed by atoms with Crippen molar-refractivity contribution >= 4 is 17.2 Å². The minimum atomic E-state index is 0.723. The lowest BCUT2D eigenvalue weighted by Gasteiger charge is -2.01. The Balaban J connectivity index is 2.16. The molecule has 0 radical (unpaired) electrons. The van der Waals surface area contributed by atoms with Crippen LogP contribution in [0.3, 0.4) is 0 Å². The Morgan fingerprint density at radius 2 is 1.84 bits per heavy atom. The largest absolute Gasteiger partial charge is 0.302 e. The third-order valence-electron chi connectivity index (χ3n) is 3.46. The van der Waals surface area contributed by atoms with Gasteiger partial charge in [0.2, 0.25) is 0 Å². The average molecular weight is 271 g/mol. The Kier molecular flexibility index (Phi) is 3.03. The van der Waals surface area contributed by atoms with Gasteiger partial charge in [-0.2, -0.15) is 0 Å². The number of hydrogen-bond donors (Lipinski definition) is 0. The molecule has 0 saturated heterocycles. The second kappa shape index (κ2) is 4.71. The van der Waals surface area contributed by atoms with Gasteiger partial charge in [0.25, 0.3) is 0 Å². The monoisotopic (exact) mass is 270 g/mol. The van der Waals surface area contributed by atoms with Crippen LogP contribution in [0.1, 0.15) is 18.2 Å². The van der Waals surface area contributed by atoms with E-state index in [0.29, 0.717) is 0 Å². The van der Waals surface area contributed by atoms with Crippen molar-refractivity contribution in [2.24, 2.45) is 0 Å². The summed E-state index contributed by atoms with van der Waals surface area (Å²) in [6.45, 7) is 4.23. The van der Waals surface area contributed by atoms with E-state index >= 15 is 0 Å². The maximum atomic E-state index is 6.04. The predicted octanol–water partition coefficient (Wildman–Crippen LogP) is 4.53. The van der Waals surface area contributed by atoms with Crippen molar-refractivity contribution in [2.75, 3.05) is 0 Å². The van der Waals surface area contributed by atoms with Crippen molar-refractivity contribution in [1.29, 1.82) is 0 Å². The fourth-order valence-corrected chi connectivity index (χ4v) is 2.47. The first-order valence-electron chi connectivity index (χ1n) is 6.42. The highest BCUT2D eigenvalue weighted by molar-refractivity contribution is 6.30. The van der Waals surface area contributed by atoms with Gasteiger partial charge in [-0.1, -0.05) is 42.8 Å². The number of aromatic nitrogens is 2. The number of nitrogens with zero attached hydrogens (tertiary/aromatic N) is 2. The van der Waals surface area contributed by atoms with Crippen molar-refractivity contribution in [3.63, 3.8) is 0 Å². The van der Waals surface area contributed by atoms with E-state index in [2.05, 4.69) is 43.1 Å². The molecule has 1 aromatic carbocycles. The summed E-state index contributed by atoms with van der Waals surface area (Å²) in [6, 6.07) is 12.4. The number of rotatable bonds is 2. The minimum absolute atomic E-state index is 0.723. The molecule has 0 atom stereocenters. The quantitative estimate of drug-likeness (QED) is 0.669. The van der Waals surface area contributed by atoms with Crippen LogP contribution in [0.5, 0.6) is 0 Å². The van der Waals surface area contributed by atoms with Gasteiger partial charge in [-0.3, -0.25) is 0 Å². The molecule has 3 heteroatoms. The van der Waals surface area contributed by atoms with Gasteiger partial charge in [-0.25, -0.2) is 4.98 Å². The van der Waals surface area contributed by atoms with Gasteiger partial charge in [0.1, 0.15) is 5.65 Å². The van der Waals surface area contributed by atoms with Gasteiger partial charge in [-0.05, 0) is 31.0 Å². The van der Waals surface area contributed by atoms with E-state index in [1.54, 1.807) is 0 Å². The van der Waals surface area contributed by atoms with Crippen LogP contribution in [0.25, 0.3) is 16.9 Å². The summed E-state index contributed by atoms with van der Waals surface area (Å²) in [5.41, 5.74) is 5.55. The highest BCUT2D eigenvalue weighted by Crippen LogP contribution is 2.25. The zero-order valence-electron chi connectivity index (χ0n) is 11.0. The molecule has 0 aliphatic rings. The Hall–Kier alpha value is -1.80. The normalized spacial score (nSPS) is 11.1. The van der Waals surface area contributed by atoms with Gasteiger partial charge in [0.15, 0.2) is 0 Å². The maximum absolute atomic E-state index is 6.04. The number of hydrogen-bond acceptors (Lipinski definition) is 1. The Morgan fingerprint density at radius 1 is 1.11 bits per heavy atom. The molecule has 0 spiro atoms. The smallest absolute Gasteiger partial charge is 0.137 e. The van der Waals surface area contributed by atoms with E-state index in [4.69, 9.17) is 11.6 Å². The molecule has 0 saturated carbocycles. The minimum Gasteiger partial charge on any atom is -0.302 e. The highest BCUT2D eigenvalue weighted by Gasteiger charge is 2.10. The van der Waals surface area contributed by atoms with Crippen LogP contribution in [-0.2, 0) is 6.42 Å². The molecule has 2 heterocycles. The molecule has 2 aromatic heterocycles. The summed E-state index contributed by atoms with van der Waals surface area (Å²) < 4.78 is 2.03. The molecule has 0 unspecified atom stereocenters. The van der Waals surface area contributed by atoms with E-state index in [1.165, 1.54) is 5.56 Å². The second-order valence-corrected chi connectivity index (χ2v) is 5.11. The van der Waals surface area contributed by atoms with E-state index < -0.39 is 0 Å². The number of aryl methyl sites for hydroxylation is 2. The van der Waals surface area contributed by atoms with Crippen molar-refractivity contribution in [3.8, 4) is 11.3 Å². The summed E-state index contributed by atoms with van der Waals surface area (Å²) in [6.07, 6.45) is 2.96. The number of imidazole rings is 1. The number of pyridine rings is 1. The number of fused-ring (bicyclic) bond motifs is 1. The topological polar surface area (TPSA) is 17.3 Å². The zero-order chi connectivity index (χ0) is 13.4. The van der Waals surface area contributed by atoms with Crippen molar-refractivity contribution < 1.29 is 0 Å². The maximum Gasteiger partial charge on any atom is 0.137 e. The molecule has 0 aliphatic carbocycles. The standard InChI is InChI=1S/C16H15ClN2/c1-3-12-4-6-13(7-5-12)16-11(2)19-10-14(17)8-9-15(19)18-16/h4-10H,3H2,1-2H3.